The third kappa shape index (κ3) is 2.55. The molecule has 0 saturated heterocycles. The van der Waals surface area contributed by atoms with Crippen LogP contribution in [0.25, 0.3) is 27.8 Å². The Balaban J connectivity index is 2.06. The van der Waals surface area contributed by atoms with E-state index >= 15 is 0 Å². The molecule has 0 aliphatic carbocycles. The van der Waals surface area contributed by atoms with Gasteiger partial charge in [-0.05, 0) is 30.3 Å². The summed E-state index contributed by atoms with van der Waals surface area (Å²) in [4.78, 5) is 6.81. The Hall–Kier alpha value is -3.11. The predicted octanol–water partition coefficient (Wildman–Crippen LogP) is 4.33. The second kappa shape index (κ2) is 5.19. The molecule has 0 unspecified atom stereocenters. The second-order valence-corrected chi connectivity index (χ2v) is 5.45. The molecule has 0 amide bonds. The molecule has 134 valence electrons. The Morgan fingerprint density at radius 1 is 0.885 bits per heavy atom. The SMILES string of the molecule is FC(F)(F)c1ccc2nc(C(F)(F)F)n(-c3ccc4cn[nH]c4c3)c2n1. The zero-order chi connectivity index (χ0) is 18.7. The highest BCUT2D eigenvalue weighted by molar-refractivity contribution is 5.82. The number of nitrogens with zero attached hydrogens (tertiary/aromatic N) is 4. The van der Waals surface area contributed by atoms with Crippen molar-refractivity contribution in [3.05, 3.63) is 48.0 Å². The average Bonchev–Trinajstić information content (AvgIpc) is 3.16. The van der Waals surface area contributed by atoms with Gasteiger partial charge in [-0.2, -0.15) is 31.4 Å². The minimum atomic E-state index is -4.89. The number of hydrogen-bond donors (Lipinski definition) is 1. The first kappa shape index (κ1) is 16.4. The molecule has 3 aromatic heterocycles. The van der Waals surface area contributed by atoms with Crippen molar-refractivity contribution in [3.63, 3.8) is 0 Å². The van der Waals surface area contributed by atoms with Crippen molar-refractivity contribution in [2.24, 2.45) is 0 Å². The van der Waals surface area contributed by atoms with Crippen LogP contribution in [0.2, 0.25) is 0 Å². The van der Waals surface area contributed by atoms with Crippen molar-refractivity contribution < 1.29 is 26.3 Å². The molecule has 5 nitrogen and oxygen atoms in total. The third-order valence-corrected chi connectivity index (χ3v) is 3.73. The van der Waals surface area contributed by atoms with E-state index in [1.54, 1.807) is 0 Å². The lowest BCUT2D eigenvalue weighted by molar-refractivity contribution is -0.145. The summed E-state index contributed by atoms with van der Waals surface area (Å²) in [6, 6.07) is 5.62. The largest absolute Gasteiger partial charge is 0.450 e. The molecular formula is C15H7F6N5. The molecule has 0 fully saturated rings. The predicted molar refractivity (Wildman–Crippen MR) is 78.5 cm³/mol. The van der Waals surface area contributed by atoms with Crippen LogP contribution in [0.4, 0.5) is 26.3 Å². The summed E-state index contributed by atoms with van der Waals surface area (Å²) in [7, 11) is 0. The Morgan fingerprint density at radius 3 is 2.35 bits per heavy atom. The van der Waals surface area contributed by atoms with E-state index in [9.17, 15) is 26.3 Å². The Labute approximate surface area is 140 Å². The number of pyridine rings is 1. The van der Waals surface area contributed by atoms with Crippen LogP contribution in [0, 0.1) is 0 Å². The highest BCUT2D eigenvalue weighted by atomic mass is 19.4. The molecule has 3 heterocycles. The maximum Gasteiger partial charge on any atom is 0.450 e. The molecule has 0 atom stereocenters. The summed E-state index contributed by atoms with van der Waals surface area (Å²) in [5.41, 5.74) is -1.75. The fourth-order valence-electron chi connectivity index (χ4n) is 2.61. The molecule has 0 spiro atoms. The molecule has 0 bridgehead atoms. The number of halogens is 6. The molecule has 0 aliphatic rings. The van der Waals surface area contributed by atoms with E-state index in [1.165, 1.54) is 24.4 Å². The number of imidazole rings is 1. The van der Waals surface area contributed by atoms with E-state index in [1.807, 2.05) is 0 Å². The maximum absolute atomic E-state index is 13.4. The van der Waals surface area contributed by atoms with Crippen LogP contribution in [0.3, 0.4) is 0 Å². The fourth-order valence-corrected chi connectivity index (χ4v) is 2.61. The lowest BCUT2D eigenvalue weighted by Gasteiger charge is -2.12. The van der Waals surface area contributed by atoms with Crippen LogP contribution in [0.1, 0.15) is 11.5 Å². The lowest BCUT2D eigenvalue weighted by atomic mass is 10.2. The number of fused-ring (bicyclic) bond motifs is 2. The smallest absolute Gasteiger partial charge is 0.278 e. The van der Waals surface area contributed by atoms with Crippen molar-refractivity contribution in [3.8, 4) is 5.69 Å². The Kier molecular flexibility index (Phi) is 3.27. The highest BCUT2D eigenvalue weighted by Crippen LogP contribution is 2.35. The summed E-state index contributed by atoms with van der Waals surface area (Å²) < 4.78 is 79.6. The standard InChI is InChI=1S/C15H7F6N5/c16-14(17,18)11-4-3-9-12(24-11)26(13(23-9)15(19,20)21)8-2-1-7-6-22-25-10(7)5-8/h1-6H,(H,22,25). The summed E-state index contributed by atoms with van der Waals surface area (Å²) >= 11 is 0. The van der Waals surface area contributed by atoms with E-state index in [0.717, 1.165) is 6.07 Å². The van der Waals surface area contributed by atoms with E-state index in [4.69, 9.17) is 0 Å². The lowest BCUT2D eigenvalue weighted by Crippen LogP contribution is -2.14. The van der Waals surface area contributed by atoms with Crippen molar-refractivity contribution in [2.45, 2.75) is 12.4 Å². The normalized spacial score (nSPS) is 13.0. The van der Waals surface area contributed by atoms with Gasteiger partial charge in [0.15, 0.2) is 5.65 Å². The zero-order valence-electron chi connectivity index (χ0n) is 12.5. The molecular weight excluding hydrogens is 364 g/mol. The van der Waals surface area contributed by atoms with Crippen molar-refractivity contribution in [2.75, 3.05) is 0 Å². The third-order valence-electron chi connectivity index (χ3n) is 3.73. The summed E-state index contributed by atoms with van der Waals surface area (Å²) in [6.07, 6.45) is -8.22. The first-order valence-electron chi connectivity index (χ1n) is 7.12. The first-order chi connectivity index (χ1) is 12.1. The maximum atomic E-state index is 13.4. The van der Waals surface area contributed by atoms with Crippen LogP contribution in [0.15, 0.2) is 36.5 Å². The number of benzene rings is 1. The van der Waals surface area contributed by atoms with Gasteiger partial charge >= 0.3 is 12.4 Å². The van der Waals surface area contributed by atoms with Crippen LogP contribution in [-0.2, 0) is 12.4 Å². The number of H-pyrrole nitrogens is 1. The fraction of sp³-hybridized carbons (Fsp3) is 0.133. The first-order valence-corrected chi connectivity index (χ1v) is 7.12. The van der Waals surface area contributed by atoms with E-state index in [2.05, 4.69) is 20.2 Å². The quantitative estimate of drug-likeness (QED) is 0.507. The van der Waals surface area contributed by atoms with E-state index < -0.39 is 29.5 Å². The van der Waals surface area contributed by atoms with Gasteiger partial charge < -0.3 is 0 Å². The highest BCUT2D eigenvalue weighted by Gasteiger charge is 2.39. The van der Waals surface area contributed by atoms with Gasteiger partial charge in [0.05, 0.1) is 17.4 Å². The van der Waals surface area contributed by atoms with Gasteiger partial charge in [-0.1, -0.05) is 0 Å². The molecule has 4 rings (SSSR count). The van der Waals surface area contributed by atoms with Crippen LogP contribution < -0.4 is 0 Å². The van der Waals surface area contributed by atoms with Gasteiger partial charge in [-0.25, -0.2) is 9.97 Å². The monoisotopic (exact) mass is 371 g/mol. The molecule has 26 heavy (non-hydrogen) atoms. The number of hydrogen-bond acceptors (Lipinski definition) is 3. The van der Waals surface area contributed by atoms with Crippen molar-refractivity contribution in [1.82, 2.24) is 24.7 Å². The molecule has 0 aliphatic heterocycles. The van der Waals surface area contributed by atoms with E-state index in [0.29, 0.717) is 21.5 Å². The van der Waals surface area contributed by atoms with Gasteiger partial charge in [-0.3, -0.25) is 9.67 Å². The molecule has 0 saturated carbocycles. The zero-order valence-corrected chi connectivity index (χ0v) is 12.5. The Morgan fingerprint density at radius 2 is 1.65 bits per heavy atom. The van der Waals surface area contributed by atoms with Crippen LogP contribution in [-0.4, -0.2) is 24.7 Å². The minimum Gasteiger partial charge on any atom is -0.278 e. The number of nitrogens with one attached hydrogen (secondary N) is 1. The number of rotatable bonds is 1. The van der Waals surface area contributed by atoms with Gasteiger partial charge in [0, 0.05) is 5.39 Å². The number of alkyl halides is 6. The topological polar surface area (TPSA) is 59.4 Å². The molecule has 1 aromatic carbocycles. The van der Waals surface area contributed by atoms with Crippen LogP contribution in [0.5, 0.6) is 0 Å². The number of aromatic amines is 1. The van der Waals surface area contributed by atoms with Crippen LogP contribution >= 0.6 is 0 Å². The molecule has 4 aromatic rings. The summed E-state index contributed by atoms with van der Waals surface area (Å²) in [6.45, 7) is 0. The van der Waals surface area contributed by atoms with Crippen molar-refractivity contribution in [1.29, 1.82) is 0 Å². The van der Waals surface area contributed by atoms with Gasteiger partial charge in [-0.15, -0.1) is 0 Å². The minimum absolute atomic E-state index is 0.0385. The molecule has 11 heteroatoms. The number of aromatic nitrogens is 5. The van der Waals surface area contributed by atoms with Crippen molar-refractivity contribution >= 4 is 22.1 Å². The molecule has 1 N–H and O–H groups in total. The van der Waals surface area contributed by atoms with Gasteiger partial charge in [0.25, 0.3) is 0 Å². The van der Waals surface area contributed by atoms with E-state index in [-0.39, 0.29) is 11.2 Å². The average molecular weight is 371 g/mol. The van der Waals surface area contributed by atoms with Gasteiger partial charge in [0.1, 0.15) is 11.2 Å². The summed E-state index contributed by atoms with van der Waals surface area (Å²) in [5.74, 6) is -1.36. The van der Waals surface area contributed by atoms with Gasteiger partial charge in [0.2, 0.25) is 5.82 Å². The summed E-state index contributed by atoms with van der Waals surface area (Å²) in [5, 5.41) is 7.00. The second-order valence-electron chi connectivity index (χ2n) is 5.45. The Bertz CT molecular complexity index is 1120. The molecule has 0 radical (unpaired) electrons.